The van der Waals surface area contributed by atoms with Crippen molar-refractivity contribution >= 4 is 17.2 Å². The van der Waals surface area contributed by atoms with Gasteiger partial charge in [0.05, 0.1) is 16.4 Å². The van der Waals surface area contributed by atoms with E-state index < -0.39 is 0 Å². The van der Waals surface area contributed by atoms with Crippen LogP contribution in [-0.2, 0) is 6.54 Å². The standard InChI is InChI=1S/C19H21N5OS/c1-14-21-17(13-26-14)12-23-8-10-24(11-9-23)19(25)16-4-2-15(3-5-16)18-6-7-20-22-18/h2-7,13H,8-12H2,1H3,(H,20,22). The van der Waals surface area contributed by atoms with E-state index >= 15 is 0 Å². The molecule has 7 heteroatoms. The second-order valence-corrected chi connectivity index (χ2v) is 7.54. The first-order chi connectivity index (χ1) is 12.7. The summed E-state index contributed by atoms with van der Waals surface area (Å²) in [5.74, 6) is 0.102. The van der Waals surface area contributed by atoms with Crippen molar-refractivity contribution in [3.05, 3.63) is 58.2 Å². The summed E-state index contributed by atoms with van der Waals surface area (Å²) in [7, 11) is 0. The van der Waals surface area contributed by atoms with Gasteiger partial charge in [0.1, 0.15) is 0 Å². The predicted octanol–water partition coefficient (Wildman–Crippen LogP) is 2.80. The molecule has 0 bridgehead atoms. The average molecular weight is 367 g/mol. The molecule has 1 N–H and O–H groups in total. The van der Waals surface area contributed by atoms with Crippen LogP contribution in [-0.4, -0.2) is 57.1 Å². The lowest BCUT2D eigenvalue weighted by Gasteiger charge is -2.34. The van der Waals surface area contributed by atoms with Gasteiger partial charge < -0.3 is 4.90 Å². The molecule has 0 radical (unpaired) electrons. The molecule has 1 aliphatic rings. The molecule has 3 aromatic rings. The largest absolute Gasteiger partial charge is 0.336 e. The molecule has 0 aliphatic carbocycles. The Morgan fingerprint density at radius 1 is 1.15 bits per heavy atom. The molecule has 0 spiro atoms. The normalized spacial score (nSPS) is 15.3. The van der Waals surface area contributed by atoms with Crippen LogP contribution >= 0.6 is 11.3 Å². The van der Waals surface area contributed by atoms with Crippen LogP contribution in [0.25, 0.3) is 11.3 Å². The zero-order valence-corrected chi connectivity index (χ0v) is 15.5. The second-order valence-electron chi connectivity index (χ2n) is 6.47. The summed E-state index contributed by atoms with van der Waals surface area (Å²) in [5, 5.41) is 10.1. The SMILES string of the molecule is Cc1nc(CN2CCN(C(=O)c3ccc(-c4ccn[nH]4)cc3)CC2)cs1. The number of rotatable bonds is 4. The lowest BCUT2D eigenvalue weighted by molar-refractivity contribution is 0.0627. The number of hydrogen-bond acceptors (Lipinski definition) is 5. The Morgan fingerprint density at radius 2 is 1.92 bits per heavy atom. The van der Waals surface area contributed by atoms with Crippen LogP contribution in [0.3, 0.4) is 0 Å². The minimum atomic E-state index is 0.102. The highest BCUT2D eigenvalue weighted by molar-refractivity contribution is 7.09. The molecular formula is C19H21N5OS. The van der Waals surface area contributed by atoms with Crippen molar-refractivity contribution < 1.29 is 4.79 Å². The Kier molecular flexibility index (Phi) is 4.81. The third kappa shape index (κ3) is 3.68. The van der Waals surface area contributed by atoms with Gasteiger partial charge in [-0.15, -0.1) is 11.3 Å². The Hall–Kier alpha value is -2.51. The maximum absolute atomic E-state index is 12.7. The van der Waals surface area contributed by atoms with Gasteiger partial charge in [0, 0.05) is 49.9 Å². The van der Waals surface area contributed by atoms with E-state index in [1.807, 2.05) is 42.2 Å². The summed E-state index contributed by atoms with van der Waals surface area (Å²) in [5.41, 5.74) is 3.84. The molecule has 1 amide bonds. The lowest BCUT2D eigenvalue weighted by atomic mass is 10.1. The van der Waals surface area contributed by atoms with Gasteiger partial charge in [0.25, 0.3) is 5.91 Å². The van der Waals surface area contributed by atoms with Gasteiger partial charge in [-0.25, -0.2) is 4.98 Å². The van der Waals surface area contributed by atoms with Gasteiger partial charge in [-0.05, 0) is 30.7 Å². The van der Waals surface area contributed by atoms with Crippen molar-refractivity contribution in [2.75, 3.05) is 26.2 Å². The van der Waals surface area contributed by atoms with Gasteiger partial charge in [-0.3, -0.25) is 14.8 Å². The maximum Gasteiger partial charge on any atom is 0.253 e. The number of H-pyrrole nitrogens is 1. The molecule has 0 atom stereocenters. The van der Waals surface area contributed by atoms with Crippen molar-refractivity contribution in [2.45, 2.75) is 13.5 Å². The lowest BCUT2D eigenvalue weighted by Crippen LogP contribution is -2.48. The summed E-state index contributed by atoms with van der Waals surface area (Å²) < 4.78 is 0. The number of piperazine rings is 1. The molecule has 3 heterocycles. The molecule has 26 heavy (non-hydrogen) atoms. The van der Waals surface area contributed by atoms with Crippen LogP contribution in [0, 0.1) is 6.92 Å². The van der Waals surface area contributed by atoms with Crippen molar-refractivity contribution in [3.63, 3.8) is 0 Å². The quantitative estimate of drug-likeness (QED) is 0.770. The minimum Gasteiger partial charge on any atom is -0.336 e. The first-order valence-corrected chi connectivity index (χ1v) is 9.59. The number of aromatic nitrogens is 3. The van der Waals surface area contributed by atoms with Crippen LogP contribution in [0.2, 0.25) is 0 Å². The van der Waals surface area contributed by atoms with E-state index in [4.69, 9.17) is 0 Å². The van der Waals surface area contributed by atoms with Crippen LogP contribution in [0.15, 0.2) is 41.9 Å². The summed E-state index contributed by atoms with van der Waals surface area (Å²) >= 11 is 1.69. The number of aryl methyl sites for hydroxylation is 1. The van der Waals surface area contributed by atoms with Gasteiger partial charge >= 0.3 is 0 Å². The molecule has 4 rings (SSSR count). The number of amides is 1. The summed E-state index contributed by atoms with van der Waals surface area (Å²) in [4.78, 5) is 21.6. The molecule has 1 saturated heterocycles. The predicted molar refractivity (Wildman–Crippen MR) is 102 cm³/mol. The Balaban J connectivity index is 1.34. The monoisotopic (exact) mass is 367 g/mol. The van der Waals surface area contributed by atoms with Crippen LogP contribution in [0.4, 0.5) is 0 Å². The van der Waals surface area contributed by atoms with E-state index in [2.05, 4.69) is 25.5 Å². The number of carbonyl (C=O) groups is 1. The summed E-state index contributed by atoms with van der Waals surface area (Å²) in [6, 6.07) is 9.62. The number of benzene rings is 1. The fourth-order valence-electron chi connectivity index (χ4n) is 3.21. The molecule has 2 aromatic heterocycles. The molecule has 6 nitrogen and oxygen atoms in total. The van der Waals surface area contributed by atoms with Crippen LogP contribution < -0.4 is 0 Å². The topological polar surface area (TPSA) is 65.1 Å². The highest BCUT2D eigenvalue weighted by atomic mass is 32.1. The summed E-state index contributed by atoms with van der Waals surface area (Å²) in [6.45, 7) is 6.17. The number of nitrogens with zero attached hydrogens (tertiary/aromatic N) is 4. The van der Waals surface area contributed by atoms with E-state index in [0.717, 1.165) is 60.2 Å². The van der Waals surface area contributed by atoms with Gasteiger partial charge in [-0.2, -0.15) is 5.10 Å². The van der Waals surface area contributed by atoms with E-state index in [9.17, 15) is 4.79 Å². The van der Waals surface area contributed by atoms with E-state index in [1.54, 1.807) is 17.5 Å². The molecule has 0 saturated carbocycles. The van der Waals surface area contributed by atoms with Gasteiger partial charge in [0.15, 0.2) is 0 Å². The second kappa shape index (κ2) is 7.39. The molecule has 1 aliphatic heterocycles. The highest BCUT2D eigenvalue weighted by Gasteiger charge is 2.22. The van der Waals surface area contributed by atoms with Crippen molar-refractivity contribution in [1.29, 1.82) is 0 Å². The zero-order valence-electron chi connectivity index (χ0n) is 14.7. The Bertz CT molecular complexity index is 864. The molecule has 134 valence electrons. The molecular weight excluding hydrogens is 346 g/mol. The maximum atomic E-state index is 12.7. The average Bonchev–Trinajstić information content (AvgIpc) is 3.34. The fraction of sp³-hybridized carbons (Fsp3) is 0.316. The molecule has 0 unspecified atom stereocenters. The van der Waals surface area contributed by atoms with Crippen molar-refractivity contribution in [1.82, 2.24) is 25.0 Å². The summed E-state index contributed by atoms with van der Waals surface area (Å²) in [6.07, 6.45) is 1.72. The van der Waals surface area contributed by atoms with E-state index in [0.29, 0.717) is 0 Å². The molecule has 1 fully saturated rings. The number of thiazole rings is 1. The number of aromatic amines is 1. The zero-order chi connectivity index (χ0) is 17.9. The van der Waals surface area contributed by atoms with E-state index in [1.165, 1.54) is 0 Å². The minimum absolute atomic E-state index is 0.102. The first kappa shape index (κ1) is 16.9. The van der Waals surface area contributed by atoms with Crippen LogP contribution in [0.1, 0.15) is 21.1 Å². The number of nitrogens with one attached hydrogen (secondary N) is 1. The fourth-order valence-corrected chi connectivity index (χ4v) is 3.81. The Labute approximate surface area is 156 Å². The number of carbonyl (C=O) groups excluding carboxylic acids is 1. The smallest absolute Gasteiger partial charge is 0.253 e. The van der Waals surface area contributed by atoms with Crippen molar-refractivity contribution in [3.8, 4) is 11.3 Å². The first-order valence-electron chi connectivity index (χ1n) is 8.71. The van der Waals surface area contributed by atoms with Gasteiger partial charge in [-0.1, -0.05) is 12.1 Å². The number of hydrogen-bond donors (Lipinski definition) is 1. The van der Waals surface area contributed by atoms with Gasteiger partial charge in [0.2, 0.25) is 0 Å². The van der Waals surface area contributed by atoms with Crippen molar-refractivity contribution in [2.24, 2.45) is 0 Å². The third-order valence-electron chi connectivity index (χ3n) is 4.66. The van der Waals surface area contributed by atoms with Crippen LogP contribution in [0.5, 0.6) is 0 Å². The third-order valence-corrected chi connectivity index (χ3v) is 5.48. The van der Waals surface area contributed by atoms with E-state index in [-0.39, 0.29) is 5.91 Å². The highest BCUT2D eigenvalue weighted by Crippen LogP contribution is 2.18. The Morgan fingerprint density at radius 3 is 2.54 bits per heavy atom. The molecule has 1 aromatic carbocycles.